The van der Waals surface area contributed by atoms with Gasteiger partial charge in [0.05, 0.1) is 5.56 Å². The predicted molar refractivity (Wildman–Crippen MR) is 101 cm³/mol. The number of pyridine rings is 1. The van der Waals surface area contributed by atoms with Gasteiger partial charge >= 0.3 is 0 Å². The molecule has 0 spiro atoms. The highest BCUT2D eigenvalue weighted by molar-refractivity contribution is 5.79. The first kappa shape index (κ1) is 18.2. The van der Waals surface area contributed by atoms with Gasteiger partial charge in [0.1, 0.15) is 12.2 Å². The summed E-state index contributed by atoms with van der Waals surface area (Å²) in [6.45, 7) is 3.86. The van der Waals surface area contributed by atoms with E-state index in [0.717, 1.165) is 57.9 Å². The van der Waals surface area contributed by atoms with E-state index < -0.39 is 0 Å². The van der Waals surface area contributed by atoms with Gasteiger partial charge in [0.15, 0.2) is 0 Å². The second kappa shape index (κ2) is 8.26. The smallest absolute Gasteiger partial charge is 0.225 e. The average Bonchev–Trinajstić information content (AvgIpc) is 2.68. The first-order valence-electron chi connectivity index (χ1n) is 10.3. The molecule has 27 heavy (non-hydrogen) atoms. The molecule has 2 heterocycles. The van der Waals surface area contributed by atoms with Crippen molar-refractivity contribution in [2.24, 2.45) is 5.92 Å². The van der Waals surface area contributed by atoms with Crippen molar-refractivity contribution in [2.45, 2.75) is 57.1 Å². The second-order valence-electron chi connectivity index (χ2n) is 8.03. The molecule has 3 fully saturated rings. The van der Waals surface area contributed by atoms with E-state index in [9.17, 15) is 4.79 Å². The Labute approximate surface area is 161 Å². The van der Waals surface area contributed by atoms with Crippen LogP contribution in [0, 0.1) is 17.2 Å². The number of hydrogen-bond acceptors (Lipinski definition) is 5. The van der Waals surface area contributed by atoms with Crippen LogP contribution in [0.5, 0.6) is 5.88 Å². The fourth-order valence-corrected chi connectivity index (χ4v) is 4.43. The van der Waals surface area contributed by atoms with Crippen LogP contribution in [-0.2, 0) is 4.79 Å². The summed E-state index contributed by atoms with van der Waals surface area (Å²) in [7, 11) is 0. The van der Waals surface area contributed by atoms with Crippen molar-refractivity contribution in [3.05, 3.63) is 23.9 Å². The van der Waals surface area contributed by atoms with Crippen LogP contribution in [0.25, 0.3) is 0 Å². The molecule has 1 aromatic heterocycles. The summed E-state index contributed by atoms with van der Waals surface area (Å²) in [5.41, 5.74) is 0.536. The van der Waals surface area contributed by atoms with Crippen LogP contribution in [-0.4, -0.2) is 59.0 Å². The highest BCUT2D eigenvalue weighted by Gasteiger charge is 2.33. The first-order chi connectivity index (χ1) is 13.2. The Morgan fingerprint density at radius 2 is 1.81 bits per heavy atom. The van der Waals surface area contributed by atoms with E-state index in [1.54, 1.807) is 12.1 Å². The van der Waals surface area contributed by atoms with Gasteiger partial charge < -0.3 is 9.64 Å². The van der Waals surface area contributed by atoms with Crippen LogP contribution in [0.3, 0.4) is 0 Å². The molecule has 0 radical (unpaired) electrons. The molecule has 144 valence electrons. The summed E-state index contributed by atoms with van der Waals surface area (Å²) in [5, 5.41) is 8.83. The minimum atomic E-state index is 0.116. The molecular formula is C21H28N4O2. The topological polar surface area (TPSA) is 69.5 Å². The Kier molecular flexibility index (Phi) is 5.58. The Bertz CT molecular complexity index is 679. The average molecular weight is 368 g/mol. The van der Waals surface area contributed by atoms with E-state index in [4.69, 9.17) is 10.00 Å². The quantitative estimate of drug-likeness (QED) is 0.817. The number of nitrogens with zero attached hydrogens (tertiary/aromatic N) is 4. The van der Waals surface area contributed by atoms with Crippen LogP contribution in [0.15, 0.2) is 18.3 Å². The summed E-state index contributed by atoms with van der Waals surface area (Å²) in [6, 6.07) is 6.31. The SMILES string of the molecule is N#Cc1ccc(O[C@H]2CC[C@H](C(=O)N3CCN(C4CCC4)CC3)CC2)nc1. The van der Waals surface area contributed by atoms with Gasteiger partial charge in [-0.2, -0.15) is 5.26 Å². The molecule has 0 bridgehead atoms. The largest absolute Gasteiger partial charge is 0.474 e. The van der Waals surface area contributed by atoms with Crippen LogP contribution < -0.4 is 4.74 Å². The number of amides is 1. The highest BCUT2D eigenvalue weighted by Crippen LogP contribution is 2.30. The number of ether oxygens (including phenoxy) is 1. The molecule has 0 aromatic carbocycles. The molecule has 0 unspecified atom stereocenters. The molecule has 3 aliphatic rings. The lowest BCUT2D eigenvalue weighted by Crippen LogP contribution is -2.54. The normalized spacial score (nSPS) is 26.9. The van der Waals surface area contributed by atoms with E-state index in [1.807, 2.05) is 0 Å². The lowest BCUT2D eigenvalue weighted by Gasteiger charge is -2.43. The number of rotatable bonds is 4. The summed E-state index contributed by atoms with van der Waals surface area (Å²) in [6.07, 6.45) is 9.26. The van der Waals surface area contributed by atoms with Gasteiger partial charge in [-0.25, -0.2) is 4.98 Å². The monoisotopic (exact) mass is 368 g/mol. The Hall–Kier alpha value is -2.13. The fourth-order valence-electron chi connectivity index (χ4n) is 4.43. The first-order valence-corrected chi connectivity index (χ1v) is 10.3. The van der Waals surface area contributed by atoms with Gasteiger partial charge in [0.25, 0.3) is 0 Å². The van der Waals surface area contributed by atoms with E-state index in [2.05, 4.69) is 20.9 Å². The summed E-state index contributed by atoms with van der Waals surface area (Å²) in [4.78, 5) is 21.7. The summed E-state index contributed by atoms with van der Waals surface area (Å²) < 4.78 is 5.94. The minimum absolute atomic E-state index is 0.116. The van der Waals surface area contributed by atoms with E-state index in [0.29, 0.717) is 17.4 Å². The molecule has 1 amide bonds. The van der Waals surface area contributed by atoms with Crippen molar-refractivity contribution >= 4 is 5.91 Å². The molecule has 0 N–H and O–H groups in total. The van der Waals surface area contributed by atoms with E-state index >= 15 is 0 Å². The molecular weight excluding hydrogens is 340 g/mol. The highest BCUT2D eigenvalue weighted by atomic mass is 16.5. The minimum Gasteiger partial charge on any atom is -0.474 e. The van der Waals surface area contributed by atoms with Gasteiger partial charge in [0, 0.05) is 50.4 Å². The number of nitriles is 1. The van der Waals surface area contributed by atoms with Crippen LogP contribution >= 0.6 is 0 Å². The number of carbonyl (C=O) groups excluding carboxylic acids is 1. The molecule has 2 aliphatic carbocycles. The molecule has 1 aliphatic heterocycles. The number of piperazine rings is 1. The maximum Gasteiger partial charge on any atom is 0.225 e. The third kappa shape index (κ3) is 4.24. The van der Waals surface area contributed by atoms with Gasteiger partial charge in [-0.3, -0.25) is 9.69 Å². The molecule has 6 heteroatoms. The van der Waals surface area contributed by atoms with Gasteiger partial charge in [0.2, 0.25) is 11.8 Å². The Morgan fingerprint density at radius 1 is 1.07 bits per heavy atom. The van der Waals surface area contributed by atoms with E-state index in [1.165, 1.54) is 25.5 Å². The predicted octanol–water partition coefficient (Wildman–Crippen LogP) is 2.59. The maximum absolute atomic E-state index is 12.9. The van der Waals surface area contributed by atoms with Crippen LogP contribution in [0.1, 0.15) is 50.5 Å². The van der Waals surface area contributed by atoms with Gasteiger partial charge in [-0.1, -0.05) is 6.42 Å². The molecule has 2 saturated carbocycles. The summed E-state index contributed by atoms with van der Waals surface area (Å²) >= 11 is 0. The zero-order valence-corrected chi connectivity index (χ0v) is 15.8. The Balaban J connectivity index is 1.21. The molecule has 1 aromatic rings. The fraction of sp³-hybridized carbons (Fsp3) is 0.667. The number of aromatic nitrogens is 1. The van der Waals surface area contributed by atoms with Crippen molar-refractivity contribution in [3.63, 3.8) is 0 Å². The lowest BCUT2D eigenvalue weighted by atomic mass is 9.86. The molecule has 0 atom stereocenters. The Morgan fingerprint density at radius 3 is 2.37 bits per heavy atom. The second-order valence-corrected chi connectivity index (χ2v) is 8.03. The third-order valence-corrected chi connectivity index (χ3v) is 6.39. The summed E-state index contributed by atoms with van der Waals surface area (Å²) in [5.74, 6) is 1.06. The van der Waals surface area contributed by atoms with Crippen LogP contribution in [0.2, 0.25) is 0 Å². The van der Waals surface area contributed by atoms with Crippen molar-refractivity contribution in [1.29, 1.82) is 5.26 Å². The number of hydrogen-bond donors (Lipinski definition) is 0. The van der Waals surface area contributed by atoms with Gasteiger partial charge in [-0.05, 0) is 44.6 Å². The lowest BCUT2D eigenvalue weighted by molar-refractivity contribution is -0.139. The molecule has 6 nitrogen and oxygen atoms in total. The maximum atomic E-state index is 12.9. The van der Waals surface area contributed by atoms with Crippen molar-refractivity contribution < 1.29 is 9.53 Å². The standard InChI is InChI=1S/C21H28N4O2/c22-14-16-4-9-20(23-15-16)27-19-7-5-17(6-8-19)21(26)25-12-10-24(11-13-25)18-2-1-3-18/h4,9,15,17-19H,1-3,5-8,10-13H2/t17-,19-. The zero-order valence-electron chi connectivity index (χ0n) is 15.8. The number of carbonyl (C=O) groups is 1. The van der Waals surface area contributed by atoms with Crippen molar-refractivity contribution in [2.75, 3.05) is 26.2 Å². The third-order valence-electron chi connectivity index (χ3n) is 6.39. The zero-order chi connectivity index (χ0) is 18.6. The van der Waals surface area contributed by atoms with E-state index in [-0.39, 0.29) is 12.0 Å². The van der Waals surface area contributed by atoms with Gasteiger partial charge in [-0.15, -0.1) is 0 Å². The molecule has 4 rings (SSSR count). The van der Waals surface area contributed by atoms with Crippen LogP contribution in [0.4, 0.5) is 0 Å². The van der Waals surface area contributed by atoms with Crippen molar-refractivity contribution in [1.82, 2.24) is 14.8 Å². The molecule has 1 saturated heterocycles. The van der Waals surface area contributed by atoms with Crippen molar-refractivity contribution in [3.8, 4) is 11.9 Å².